The summed E-state index contributed by atoms with van der Waals surface area (Å²) < 4.78 is 0. The monoisotopic (exact) mass is 279 g/mol. The Kier molecular flexibility index (Phi) is 5.08. The highest BCUT2D eigenvalue weighted by Crippen LogP contribution is 2.06. The maximum Gasteiger partial charge on any atom is 0.253 e. The van der Waals surface area contributed by atoms with Crippen LogP contribution >= 0.6 is 0 Å². The maximum atomic E-state index is 12.1. The van der Waals surface area contributed by atoms with Crippen molar-refractivity contribution in [2.45, 2.75) is 13.5 Å². The lowest BCUT2D eigenvalue weighted by Crippen LogP contribution is -2.23. The zero-order valence-corrected chi connectivity index (χ0v) is 11.9. The minimum Gasteiger partial charge on any atom is -0.348 e. The molecular weight excluding hydrogens is 262 g/mol. The molecule has 1 aromatic heterocycles. The molecule has 4 heteroatoms. The fourth-order valence-corrected chi connectivity index (χ4v) is 1.86. The number of nitrogens with two attached hydrogens (primary N) is 1. The van der Waals surface area contributed by atoms with Crippen molar-refractivity contribution in [3.63, 3.8) is 0 Å². The van der Waals surface area contributed by atoms with Gasteiger partial charge in [0.25, 0.3) is 5.91 Å². The SMILES string of the molecule is Cc1ncccc1C(=O)NCc1ccc(C#CCN)cc1. The zero-order chi connectivity index (χ0) is 15.1. The molecular formula is C17H17N3O. The fraction of sp³-hybridized carbons (Fsp3) is 0.176. The molecule has 0 radical (unpaired) electrons. The number of aryl methyl sites for hydroxylation is 1. The molecule has 1 heterocycles. The molecule has 2 rings (SSSR count). The summed E-state index contributed by atoms with van der Waals surface area (Å²) in [5.41, 5.74) is 8.59. The van der Waals surface area contributed by atoms with Crippen molar-refractivity contribution in [1.29, 1.82) is 0 Å². The molecule has 0 atom stereocenters. The predicted octanol–water partition coefficient (Wildman–Crippen LogP) is 1.63. The molecule has 0 fully saturated rings. The van der Waals surface area contributed by atoms with Gasteiger partial charge in [0.2, 0.25) is 0 Å². The lowest BCUT2D eigenvalue weighted by Gasteiger charge is -2.07. The summed E-state index contributed by atoms with van der Waals surface area (Å²) in [5, 5.41) is 2.88. The van der Waals surface area contributed by atoms with Gasteiger partial charge in [-0.3, -0.25) is 9.78 Å². The Hall–Kier alpha value is -2.64. The Labute approximate surface area is 124 Å². The topological polar surface area (TPSA) is 68.0 Å². The normalized spacial score (nSPS) is 9.62. The average molecular weight is 279 g/mol. The van der Waals surface area contributed by atoms with Gasteiger partial charge in [0, 0.05) is 24.0 Å². The number of benzene rings is 1. The Morgan fingerprint density at radius 3 is 2.71 bits per heavy atom. The van der Waals surface area contributed by atoms with Crippen LogP contribution in [0.15, 0.2) is 42.6 Å². The summed E-state index contributed by atoms with van der Waals surface area (Å²) in [5.74, 6) is 5.64. The highest BCUT2D eigenvalue weighted by atomic mass is 16.1. The second-order valence-corrected chi connectivity index (χ2v) is 4.52. The van der Waals surface area contributed by atoms with Crippen molar-refractivity contribution < 1.29 is 4.79 Å². The highest BCUT2D eigenvalue weighted by Gasteiger charge is 2.08. The molecule has 1 amide bonds. The fourth-order valence-electron chi connectivity index (χ4n) is 1.86. The first-order valence-electron chi connectivity index (χ1n) is 6.68. The van der Waals surface area contributed by atoms with Crippen LogP contribution in [0, 0.1) is 18.8 Å². The second kappa shape index (κ2) is 7.22. The van der Waals surface area contributed by atoms with Crippen molar-refractivity contribution in [2.24, 2.45) is 5.73 Å². The number of carbonyl (C=O) groups is 1. The van der Waals surface area contributed by atoms with E-state index in [1.54, 1.807) is 18.3 Å². The molecule has 0 aliphatic carbocycles. The number of carbonyl (C=O) groups excluding carboxylic acids is 1. The molecule has 0 unspecified atom stereocenters. The van der Waals surface area contributed by atoms with Gasteiger partial charge in [-0.25, -0.2) is 0 Å². The molecule has 21 heavy (non-hydrogen) atoms. The van der Waals surface area contributed by atoms with Crippen LogP contribution in [0.2, 0.25) is 0 Å². The number of nitrogens with zero attached hydrogens (tertiary/aromatic N) is 1. The van der Waals surface area contributed by atoms with E-state index in [9.17, 15) is 4.79 Å². The summed E-state index contributed by atoms with van der Waals surface area (Å²) in [7, 11) is 0. The van der Waals surface area contributed by atoms with Crippen LogP contribution in [0.25, 0.3) is 0 Å². The summed E-state index contributed by atoms with van der Waals surface area (Å²) in [4.78, 5) is 16.2. The van der Waals surface area contributed by atoms with Gasteiger partial charge in [-0.1, -0.05) is 24.0 Å². The van der Waals surface area contributed by atoms with Gasteiger partial charge < -0.3 is 11.1 Å². The largest absolute Gasteiger partial charge is 0.348 e. The molecule has 0 spiro atoms. The van der Waals surface area contributed by atoms with Crippen LogP contribution in [0.3, 0.4) is 0 Å². The predicted molar refractivity (Wildman–Crippen MR) is 82.5 cm³/mol. The molecule has 4 nitrogen and oxygen atoms in total. The highest BCUT2D eigenvalue weighted by molar-refractivity contribution is 5.95. The maximum absolute atomic E-state index is 12.1. The first kappa shape index (κ1) is 14.8. The number of hydrogen-bond acceptors (Lipinski definition) is 3. The Balaban J connectivity index is 1.97. The molecule has 1 aromatic carbocycles. The van der Waals surface area contributed by atoms with Gasteiger partial charge in [-0.2, -0.15) is 0 Å². The molecule has 2 aromatic rings. The molecule has 0 bridgehead atoms. The quantitative estimate of drug-likeness (QED) is 0.839. The smallest absolute Gasteiger partial charge is 0.253 e. The van der Waals surface area contributed by atoms with Crippen molar-refractivity contribution >= 4 is 5.91 Å². The number of amides is 1. The van der Waals surface area contributed by atoms with Gasteiger partial charge in [-0.15, -0.1) is 0 Å². The standard InChI is InChI=1S/C17H17N3O/c1-13-16(5-3-11-19-13)17(21)20-12-15-8-6-14(7-9-15)4-2-10-18/h3,5-9,11H,10,12,18H2,1H3,(H,20,21). The van der Waals surface area contributed by atoms with E-state index in [0.717, 1.165) is 16.8 Å². The average Bonchev–Trinajstić information content (AvgIpc) is 2.52. The molecule has 0 saturated carbocycles. The first-order chi connectivity index (χ1) is 10.2. The molecule has 0 aliphatic heterocycles. The van der Waals surface area contributed by atoms with Crippen LogP contribution in [0.4, 0.5) is 0 Å². The van der Waals surface area contributed by atoms with Crippen molar-refractivity contribution in [2.75, 3.05) is 6.54 Å². The molecule has 0 saturated heterocycles. The Morgan fingerprint density at radius 2 is 2.05 bits per heavy atom. The van der Waals surface area contributed by atoms with Crippen LogP contribution in [-0.4, -0.2) is 17.4 Å². The van der Waals surface area contributed by atoms with Gasteiger partial charge in [0.05, 0.1) is 12.1 Å². The van der Waals surface area contributed by atoms with Gasteiger partial charge in [0.1, 0.15) is 0 Å². The first-order valence-corrected chi connectivity index (χ1v) is 6.68. The van der Waals surface area contributed by atoms with Gasteiger partial charge >= 0.3 is 0 Å². The summed E-state index contributed by atoms with van der Waals surface area (Å²) in [6.07, 6.45) is 1.67. The number of nitrogens with one attached hydrogen (secondary N) is 1. The van der Waals surface area contributed by atoms with Crippen LogP contribution < -0.4 is 11.1 Å². The number of rotatable bonds is 3. The molecule has 106 valence electrons. The van der Waals surface area contributed by atoms with E-state index < -0.39 is 0 Å². The van der Waals surface area contributed by atoms with E-state index in [1.165, 1.54) is 0 Å². The van der Waals surface area contributed by atoms with Crippen molar-refractivity contribution in [3.8, 4) is 11.8 Å². The van der Waals surface area contributed by atoms with Gasteiger partial charge in [-0.05, 0) is 36.8 Å². The molecule has 3 N–H and O–H groups in total. The van der Waals surface area contributed by atoms with E-state index in [1.807, 2.05) is 31.2 Å². The van der Waals surface area contributed by atoms with Crippen LogP contribution in [-0.2, 0) is 6.54 Å². The van der Waals surface area contributed by atoms with E-state index in [-0.39, 0.29) is 5.91 Å². The van der Waals surface area contributed by atoms with Gasteiger partial charge in [0.15, 0.2) is 0 Å². The van der Waals surface area contributed by atoms with E-state index in [4.69, 9.17) is 5.73 Å². The Morgan fingerprint density at radius 1 is 1.29 bits per heavy atom. The zero-order valence-electron chi connectivity index (χ0n) is 11.9. The lowest BCUT2D eigenvalue weighted by atomic mass is 10.1. The minimum atomic E-state index is -0.118. The minimum absolute atomic E-state index is 0.118. The second-order valence-electron chi connectivity index (χ2n) is 4.52. The summed E-state index contributed by atoms with van der Waals surface area (Å²) in [6, 6.07) is 11.2. The van der Waals surface area contributed by atoms with Crippen LogP contribution in [0.1, 0.15) is 27.2 Å². The van der Waals surface area contributed by atoms with Crippen molar-refractivity contribution in [3.05, 3.63) is 65.0 Å². The summed E-state index contributed by atoms with van der Waals surface area (Å²) in [6.45, 7) is 2.64. The lowest BCUT2D eigenvalue weighted by molar-refractivity contribution is 0.0950. The third kappa shape index (κ3) is 4.16. The van der Waals surface area contributed by atoms with Crippen molar-refractivity contribution in [1.82, 2.24) is 10.3 Å². The molecule has 0 aliphatic rings. The van der Waals surface area contributed by atoms with Crippen LogP contribution in [0.5, 0.6) is 0 Å². The van der Waals surface area contributed by atoms with E-state index >= 15 is 0 Å². The Bertz CT molecular complexity index is 681. The number of aromatic nitrogens is 1. The van der Waals surface area contributed by atoms with E-state index in [0.29, 0.717) is 18.7 Å². The third-order valence-corrected chi connectivity index (χ3v) is 2.99. The third-order valence-electron chi connectivity index (χ3n) is 2.99. The van der Waals surface area contributed by atoms with E-state index in [2.05, 4.69) is 22.1 Å². The number of hydrogen-bond donors (Lipinski definition) is 2. The summed E-state index contributed by atoms with van der Waals surface area (Å²) >= 11 is 0. The number of pyridine rings is 1.